The van der Waals surface area contributed by atoms with E-state index in [4.69, 9.17) is 0 Å². The third-order valence-electron chi connectivity index (χ3n) is 1.85. The summed E-state index contributed by atoms with van der Waals surface area (Å²) in [6.45, 7) is 0. The molecule has 0 heterocycles. The third kappa shape index (κ3) is 5.21. The van der Waals surface area contributed by atoms with Crippen LogP contribution in [0.3, 0.4) is 0 Å². The average molecular weight is 248 g/mol. The van der Waals surface area contributed by atoms with Crippen LogP contribution in [0.4, 0.5) is 13.2 Å². The highest BCUT2D eigenvalue weighted by molar-refractivity contribution is 8.14. The number of hydrogen-bond donors (Lipinski definition) is 0. The highest BCUT2D eigenvalue weighted by Gasteiger charge is 2.26. The van der Waals surface area contributed by atoms with Crippen molar-refractivity contribution < 1.29 is 18.0 Å². The first-order chi connectivity index (χ1) is 7.49. The number of alkyl halides is 3. The molecule has 0 saturated carbocycles. The first kappa shape index (κ1) is 13.1. The minimum absolute atomic E-state index is 0.0211. The van der Waals surface area contributed by atoms with E-state index in [0.717, 1.165) is 11.8 Å². The van der Waals surface area contributed by atoms with Crippen molar-refractivity contribution in [1.29, 1.82) is 0 Å². The van der Waals surface area contributed by atoms with Crippen LogP contribution in [0.1, 0.15) is 23.2 Å². The predicted molar refractivity (Wildman–Crippen MR) is 58.5 cm³/mol. The summed E-state index contributed by atoms with van der Waals surface area (Å²) < 4.78 is 35.4. The van der Waals surface area contributed by atoms with Crippen LogP contribution < -0.4 is 0 Å². The molecule has 0 bridgehead atoms. The second-order valence-electron chi connectivity index (χ2n) is 3.22. The number of halogens is 3. The fourth-order valence-corrected chi connectivity index (χ4v) is 1.87. The molecule has 1 aromatic carbocycles. The van der Waals surface area contributed by atoms with Gasteiger partial charge in [0.25, 0.3) is 0 Å². The fourth-order valence-electron chi connectivity index (χ4n) is 1.10. The Kier molecular flexibility index (Phi) is 4.86. The minimum atomic E-state index is -4.13. The van der Waals surface area contributed by atoms with Gasteiger partial charge < -0.3 is 0 Å². The number of hydrogen-bond acceptors (Lipinski definition) is 2. The van der Waals surface area contributed by atoms with Crippen molar-refractivity contribution in [3.63, 3.8) is 0 Å². The molecule has 0 aliphatic rings. The van der Waals surface area contributed by atoms with E-state index in [9.17, 15) is 18.0 Å². The van der Waals surface area contributed by atoms with Gasteiger partial charge >= 0.3 is 6.18 Å². The monoisotopic (exact) mass is 248 g/mol. The Morgan fingerprint density at radius 3 is 2.38 bits per heavy atom. The summed E-state index contributed by atoms with van der Waals surface area (Å²) in [7, 11) is 0. The summed E-state index contributed by atoms with van der Waals surface area (Å²) in [5.41, 5.74) is 0.527. The Morgan fingerprint density at radius 1 is 1.19 bits per heavy atom. The standard InChI is InChI=1S/C11H11F3OS/c12-11(13,14)7-4-8-16-10(15)9-5-2-1-3-6-9/h1-3,5-6H,4,7-8H2. The molecule has 0 amide bonds. The summed E-state index contributed by atoms with van der Waals surface area (Å²) >= 11 is 0.931. The molecule has 0 atom stereocenters. The number of carbonyl (C=O) groups is 1. The van der Waals surface area contributed by atoms with Gasteiger partial charge in [-0.3, -0.25) is 4.79 Å². The van der Waals surface area contributed by atoms with E-state index >= 15 is 0 Å². The zero-order valence-corrected chi connectivity index (χ0v) is 9.27. The summed E-state index contributed by atoms with van der Waals surface area (Å²) in [6.07, 6.45) is -4.98. The molecule has 16 heavy (non-hydrogen) atoms. The molecule has 0 aliphatic carbocycles. The second-order valence-corrected chi connectivity index (χ2v) is 4.29. The van der Waals surface area contributed by atoms with Crippen LogP contribution in [-0.2, 0) is 0 Å². The average Bonchev–Trinajstić information content (AvgIpc) is 2.24. The zero-order chi connectivity index (χ0) is 12.0. The molecule has 1 rings (SSSR count). The molecule has 1 nitrogen and oxygen atoms in total. The maximum Gasteiger partial charge on any atom is 0.389 e. The molecule has 0 radical (unpaired) electrons. The van der Waals surface area contributed by atoms with Gasteiger partial charge in [-0.05, 0) is 6.42 Å². The minimum Gasteiger partial charge on any atom is -0.282 e. The first-order valence-electron chi connectivity index (χ1n) is 4.78. The molecule has 0 spiro atoms. The van der Waals surface area contributed by atoms with Crippen molar-refractivity contribution in [3.05, 3.63) is 35.9 Å². The Labute approximate surface area is 96.0 Å². The molecule has 0 N–H and O–H groups in total. The van der Waals surface area contributed by atoms with Crippen molar-refractivity contribution >= 4 is 16.9 Å². The van der Waals surface area contributed by atoms with Crippen LogP contribution in [0.15, 0.2) is 30.3 Å². The maximum atomic E-state index is 11.8. The molecule has 0 unspecified atom stereocenters. The van der Waals surface area contributed by atoms with E-state index in [1.165, 1.54) is 0 Å². The van der Waals surface area contributed by atoms with Gasteiger partial charge in [0.15, 0.2) is 0 Å². The van der Waals surface area contributed by atoms with Crippen molar-refractivity contribution in [2.45, 2.75) is 19.0 Å². The summed E-state index contributed by atoms with van der Waals surface area (Å²) in [4.78, 5) is 11.5. The number of rotatable bonds is 4. The predicted octanol–water partition coefficient (Wildman–Crippen LogP) is 3.90. The largest absolute Gasteiger partial charge is 0.389 e. The molecular formula is C11H11F3OS. The summed E-state index contributed by atoms with van der Waals surface area (Å²) in [5.74, 6) is 0.202. The Bertz CT molecular complexity index is 335. The quantitative estimate of drug-likeness (QED) is 0.752. The van der Waals surface area contributed by atoms with Crippen molar-refractivity contribution in [1.82, 2.24) is 0 Å². The van der Waals surface area contributed by atoms with Gasteiger partial charge in [0.05, 0.1) is 0 Å². The van der Waals surface area contributed by atoms with Crippen LogP contribution in [0.25, 0.3) is 0 Å². The molecule has 0 aromatic heterocycles. The van der Waals surface area contributed by atoms with Crippen LogP contribution in [0.2, 0.25) is 0 Å². The second kappa shape index (κ2) is 5.94. The molecule has 0 fully saturated rings. The number of thioether (sulfide) groups is 1. The van der Waals surface area contributed by atoms with E-state index < -0.39 is 12.6 Å². The van der Waals surface area contributed by atoms with Crippen molar-refractivity contribution in [3.8, 4) is 0 Å². The summed E-state index contributed by atoms with van der Waals surface area (Å²) in [5, 5.41) is -0.178. The molecule has 0 saturated heterocycles. The first-order valence-corrected chi connectivity index (χ1v) is 5.76. The van der Waals surface area contributed by atoms with Gasteiger partial charge in [-0.15, -0.1) is 0 Å². The normalized spacial score (nSPS) is 11.4. The molecular weight excluding hydrogens is 237 g/mol. The van der Waals surface area contributed by atoms with Crippen LogP contribution in [0.5, 0.6) is 0 Å². The smallest absolute Gasteiger partial charge is 0.282 e. The lowest BCUT2D eigenvalue weighted by molar-refractivity contribution is -0.134. The number of carbonyl (C=O) groups excluding carboxylic acids is 1. The van der Waals surface area contributed by atoms with Gasteiger partial charge in [0.2, 0.25) is 5.12 Å². The van der Waals surface area contributed by atoms with E-state index in [-0.39, 0.29) is 17.3 Å². The zero-order valence-electron chi connectivity index (χ0n) is 8.46. The molecule has 1 aromatic rings. The lowest BCUT2D eigenvalue weighted by Crippen LogP contribution is -2.07. The highest BCUT2D eigenvalue weighted by atomic mass is 32.2. The lowest BCUT2D eigenvalue weighted by Gasteiger charge is -2.04. The van der Waals surface area contributed by atoms with Gasteiger partial charge in [-0.2, -0.15) is 13.2 Å². The maximum absolute atomic E-state index is 11.8. The Balaban J connectivity index is 2.27. The molecule has 5 heteroatoms. The van der Waals surface area contributed by atoms with E-state index in [0.29, 0.717) is 5.56 Å². The van der Waals surface area contributed by atoms with Crippen LogP contribution >= 0.6 is 11.8 Å². The highest BCUT2D eigenvalue weighted by Crippen LogP contribution is 2.23. The SMILES string of the molecule is O=C(SCCCC(F)(F)F)c1ccccc1. The molecule has 0 aliphatic heterocycles. The topological polar surface area (TPSA) is 17.1 Å². The van der Waals surface area contributed by atoms with Gasteiger partial charge in [-0.1, -0.05) is 42.1 Å². The van der Waals surface area contributed by atoms with E-state index in [2.05, 4.69) is 0 Å². The molecule has 88 valence electrons. The van der Waals surface area contributed by atoms with Gasteiger partial charge in [0, 0.05) is 17.7 Å². The van der Waals surface area contributed by atoms with Crippen molar-refractivity contribution in [2.75, 3.05) is 5.75 Å². The fraction of sp³-hybridized carbons (Fsp3) is 0.364. The number of benzene rings is 1. The van der Waals surface area contributed by atoms with Crippen molar-refractivity contribution in [2.24, 2.45) is 0 Å². The van der Waals surface area contributed by atoms with Crippen LogP contribution in [0, 0.1) is 0 Å². The Hall–Kier alpha value is -0.970. The summed E-state index contributed by atoms with van der Waals surface area (Å²) in [6, 6.07) is 8.54. The Morgan fingerprint density at radius 2 is 1.81 bits per heavy atom. The lowest BCUT2D eigenvalue weighted by atomic mass is 10.2. The van der Waals surface area contributed by atoms with E-state index in [1.807, 2.05) is 0 Å². The third-order valence-corrected chi connectivity index (χ3v) is 2.84. The van der Waals surface area contributed by atoms with Gasteiger partial charge in [-0.25, -0.2) is 0 Å². The van der Waals surface area contributed by atoms with E-state index in [1.54, 1.807) is 30.3 Å². The van der Waals surface area contributed by atoms with Gasteiger partial charge in [0.1, 0.15) is 0 Å². The van der Waals surface area contributed by atoms with Crippen LogP contribution in [-0.4, -0.2) is 17.0 Å².